The van der Waals surface area contributed by atoms with Gasteiger partial charge >= 0.3 is 11.9 Å². The minimum atomic E-state index is -0.441. The van der Waals surface area contributed by atoms with Crippen LogP contribution in [0.2, 0.25) is 10.0 Å². The summed E-state index contributed by atoms with van der Waals surface area (Å²) in [6.07, 6.45) is 8.90. The molecule has 0 aliphatic rings. The molecule has 0 N–H and O–H groups in total. The SMILES string of the molecule is CCCCCCCCCOC(=O)CCCC(=O)Oc1c(Cl)cc(Cl)c2ccccc12. The molecular formula is C24H30Cl2O4. The zero-order chi connectivity index (χ0) is 21.8. The largest absolute Gasteiger partial charge is 0.466 e. The van der Waals surface area contributed by atoms with Crippen LogP contribution >= 0.6 is 23.2 Å². The molecule has 0 amide bonds. The van der Waals surface area contributed by atoms with Crippen molar-refractivity contribution in [1.82, 2.24) is 0 Å². The van der Waals surface area contributed by atoms with E-state index in [-0.39, 0.29) is 23.8 Å². The Bertz CT molecular complexity index is 835. The average Bonchev–Trinajstić information content (AvgIpc) is 2.73. The monoisotopic (exact) mass is 452 g/mol. The lowest BCUT2D eigenvalue weighted by Crippen LogP contribution is -2.11. The topological polar surface area (TPSA) is 52.6 Å². The number of carbonyl (C=O) groups is 2. The van der Waals surface area contributed by atoms with Crippen molar-refractivity contribution in [2.24, 2.45) is 0 Å². The van der Waals surface area contributed by atoms with E-state index in [1.807, 2.05) is 18.2 Å². The summed E-state index contributed by atoms with van der Waals surface area (Å²) in [5, 5.41) is 2.22. The van der Waals surface area contributed by atoms with E-state index in [0.717, 1.165) is 18.2 Å². The fraction of sp³-hybridized carbons (Fsp3) is 0.500. The summed E-state index contributed by atoms with van der Waals surface area (Å²) < 4.78 is 10.7. The Balaban J connectivity index is 1.67. The van der Waals surface area contributed by atoms with Crippen LogP contribution in [0.3, 0.4) is 0 Å². The van der Waals surface area contributed by atoms with Crippen molar-refractivity contribution in [3.63, 3.8) is 0 Å². The Morgan fingerprint density at radius 2 is 1.43 bits per heavy atom. The molecule has 0 atom stereocenters. The van der Waals surface area contributed by atoms with Gasteiger partial charge in [0.15, 0.2) is 5.75 Å². The van der Waals surface area contributed by atoms with Crippen molar-refractivity contribution in [1.29, 1.82) is 0 Å². The number of esters is 2. The summed E-state index contributed by atoms with van der Waals surface area (Å²) in [7, 11) is 0. The van der Waals surface area contributed by atoms with Gasteiger partial charge in [-0.25, -0.2) is 0 Å². The number of rotatable bonds is 13. The van der Waals surface area contributed by atoms with Crippen LogP contribution in [0.25, 0.3) is 10.8 Å². The highest BCUT2D eigenvalue weighted by molar-refractivity contribution is 6.40. The molecule has 2 aromatic rings. The molecular weight excluding hydrogens is 423 g/mol. The van der Waals surface area contributed by atoms with Crippen LogP contribution in [0.5, 0.6) is 5.75 Å². The first-order chi connectivity index (χ1) is 14.5. The van der Waals surface area contributed by atoms with Crippen molar-refractivity contribution >= 4 is 45.9 Å². The van der Waals surface area contributed by atoms with E-state index in [9.17, 15) is 9.59 Å². The molecule has 2 rings (SSSR count). The van der Waals surface area contributed by atoms with Crippen LogP contribution < -0.4 is 4.74 Å². The predicted molar refractivity (Wildman–Crippen MR) is 122 cm³/mol. The summed E-state index contributed by atoms with van der Waals surface area (Å²) in [5.41, 5.74) is 0. The second kappa shape index (κ2) is 13.5. The second-order valence-electron chi connectivity index (χ2n) is 7.38. The summed E-state index contributed by atoms with van der Waals surface area (Å²) in [5.74, 6) is -0.420. The molecule has 0 saturated carbocycles. The molecule has 0 unspecified atom stereocenters. The van der Waals surface area contributed by atoms with Crippen LogP contribution in [-0.2, 0) is 14.3 Å². The molecule has 0 saturated heterocycles. The number of benzene rings is 2. The Labute approximate surface area is 188 Å². The molecule has 0 aromatic heterocycles. The normalized spacial score (nSPS) is 10.9. The lowest BCUT2D eigenvalue weighted by atomic mass is 10.1. The first kappa shape index (κ1) is 24.5. The maximum absolute atomic E-state index is 12.2. The number of carbonyl (C=O) groups excluding carboxylic acids is 2. The van der Waals surface area contributed by atoms with Gasteiger partial charge in [-0.1, -0.05) is 92.9 Å². The molecule has 0 bridgehead atoms. The van der Waals surface area contributed by atoms with Crippen LogP contribution in [-0.4, -0.2) is 18.5 Å². The summed E-state index contributed by atoms with van der Waals surface area (Å²) in [4.78, 5) is 24.0. The van der Waals surface area contributed by atoms with Gasteiger partial charge in [-0.3, -0.25) is 9.59 Å². The fourth-order valence-corrected chi connectivity index (χ4v) is 3.81. The zero-order valence-corrected chi connectivity index (χ0v) is 19.1. The fourth-order valence-electron chi connectivity index (χ4n) is 3.24. The Morgan fingerprint density at radius 3 is 2.17 bits per heavy atom. The zero-order valence-electron chi connectivity index (χ0n) is 17.6. The minimum absolute atomic E-state index is 0.111. The molecule has 4 nitrogen and oxygen atoms in total. The molecule has 0 fully saturated rings. The van der Waals surface area contributed by atoms with E-state index in [0.29, 0.717) is 29.2 Å². The Hall–Kier alpha value is -1.78. The number of unbranched alkanes of at least 4 members (excludes halogenated alkanes) is 6. The summed E-state index contributed by atoms with van der Waals surface area (Å²) in [6, 6.07) is 8.89. The van der Waals surface area contributed by atoms with E-state index in [2.05, 4.69) is 6.92 Å². The molecule has 30 heavy (non-hydrogen) atoms. The summed E-state index contributed by atoms with van der Waals surface area (Å²) in [6.45, 7) is 2.65. The highest BCUT2D eigenvalue weighted by atomic mass is 35.5. The Kier molecular flexibility index (Phi) is 11.0. The van der Waals surface area contributed by atoms with Gasteiger partial charge in [0, 0.05) is 23.6 Å². The Morgan fingerprint density at radius 1 is 0.800 bits per heavy atom. The molecule has 0 heterocycles. The standard InChI is InChI=1S/C24H30Cl2O4/c1-2-3-4-5-6-7-10-16-29-22(27)14-11-15-23(28)30-24-19-13-9-8-12-18(19)20(25)17-21(24)26/h8-9,12-13,17H,2-7,10-11,14-16H2,1H3. The van der Waals surface area contributed by atoms with E-state index in [1.165, 1.54) is 32.1 Å². The van der Waals surface area contributed by atoms with Gasteiger partial charge < -0.3 is 9.47 Å². The van der Waals surface area contributed by atoms with Crippen molar-refractivity contribution in [3.05, 3.63) is 40.4 Å². The van der Waals surface area contributed by atoms with Gasteiger partial charge in [-0.05, 0) is 18.9 Å². The molecule has 6 heteroatoms. The van der Waals surface area contributed by atoms with Crippen LogP contribution in [0, 0.1) is 0 Å². The molecule has 2 aromatic carbocycles. The van der Waals surface area contributed by atoms with E-state index < -0.39 is 5.97 Å². The predicted octanol–water partition coefficient (Wildman–Crippen LogP) is 7.52. The van der Waals surface area contributed by atoms with Gasteiger partial charge in [-0.15, -0.1) is 0 Å². The molecule has 164 valence electrons. The van der Waals surface area contributed by atoms with Gasteiger partial charge in [0.1, 0.15) is 0 Å². The number of hydrogen-bond acceptors (Lipinski definition) is 4. The highest BCUT2D eigenvalue weighted by Crippen LogP contribution is 2.38. The van der Waals surface area contributed by atoms with Gasteiger partial charge in [0.2, 0.25) is 0 Å². The van der Waals surface area contributed by atoms with Crippen molar-refractivity contribution < 1.29 is 19.1 Å². The van der Waals surface area contributed by atoms with Gasteiger partial charge in [0.25, 0.3) is 0 Å². The minimum Gasteiger partial charge on any atom is -0.466 e. The summed E-state index contributed by atoms with van der Waals surface area (Å²) >= 11 is 12.4. The first-order valence-corrected chi connectivity index (χ1v) is 11.5. The third-order valence-corrected chi connectivity index (χ3v) is 5.48. The number of halogens is 2. The van der Waals surface area contributed by atoms with Gasteiger partial charge in [-0.2, -0.15) is 0 Å². The van der Waals surface area contributed by atoms with Crippen molar-refractivity contribution in [2.45, 2.75) is 71.1 Å². The third kappa shape index (κ3) is 8.16. The molecule has 0 spiro atoms. The maximum atomic E-state index is 12.2. The van der Waals surface area contributed by atoms with Gasteiger partial charge in [0.05, 0.1) is 16.7 Å². The van der Waals surface area contributed by atoms with E-state index in [4.69, 9.17) is 32.7 Å². The van der Waals surface area contributed by atoms with Crippen LogP contribution in [0.4, 0.5) is 0 Å². The smallest absolute Gasteiger partial charge is 0.311 e. The molecule has 0 aliphatic heterocycles. The lowest BCUT2D eigenvalue weighted by Gasteiger charge is -2.11. The van der Waals surface area contributed by atoms with Crippen molar-refractivity contribution in [2.75, 3.05) is 6.61 Å². The van der Waals surface area contributed by atoms with Crippen LogP contribution in [0.15, 0.2) is 30.3 Å². The molecule has 0 radical (unpaired) electrons. The molecule has 0 aliphatic carbocycles. The van der Waals surface area contributed by atoms with Crippen LogP contribution in [0.1, 0.15) is 71.1 Å². The third-order valence-electron chi connectivity index (χ3n) is 4.89. The number of ether oxygens (including phenoxy) is 2. The quantitative estimate of drug-likeness (QED) is 0.179. The number of fused-ring (bicyclic) bond motifs is 1. The van der Waals surface area contributed by atoms with E-state index in [1.54, 1.807) is 12.1 Å². The first-order valence-electron chi connectivity index (χ1n) is 10.8. The second-order valence-corrected chi connectivity index (χ2v) is 8.20. The van der Waals surface area contributed by atoms with Crippen molar-refractivity contribution in [3.8, 4) is 5.75 Å². The number of hydrogen-bond donors (Lipinski definition) is 0. The average molecular weight is 453 g/mol. The maximum Gasteiger partial charge on any atom is 0.311 e. The lowest BCUT2D eigenvalue weighted by molar-refractivity contribution is -0.144. The highest BCUT2D eigenvalue weighted by Gasteiger charge is 2.15. The van der Waals surface area contributed by atoms with E-state index >= 15 is 0 Å².